The molecule has 33 heavy (non-hydrogen) atoms. The fourth-order valence-corrected chi connectivity index (χ4v) is 4.39. The third-order valence-corrected chi connectivity index (χ3v) is 6.33. The van der Waals surface area contributed by atoms with Crippen molar-refractivity contribution in [3.05, 3.63) is 71.8 Å². The van der Waals surface area contributed by atoms with Crippen molar-refractivity contribution in [2.75, 3.05) is 13.7 Å². The molecule has 5 heteroatoms. The molecular formula is C28H35NO4. The van der Waals surface area contributed by atoms with E-state index in [4.69, 9.17) is 0 Å². The molecule has 1 aliphatic rings. The van der Waals surface area contributed by atoms with E-state index in [0.29, 0.717) is 19.4 Å². The van der Waals surface area contributed by atoms with Gasteiger partial charge in [-0.2, -0.15) is 0 Å². The minimum absolute atomic E-state index is 0.0294. The molecule has 1 fully saturated rings. The first-order chi connectivity index (χ1) is 16.0. The van der Waals surface area contributed by atoms with Crippen LogP contribution in [0.25, 0.3) is 11.1 Å². The monoisotopic (exact) mass is 449 g/mol. The van der Waals surface area contributed by atoms with E-state index in [1.165, 1.54) is 12.7 Å². The maximum absolute atomic E-state index is 12.3. The molecule has 1 saturated heterocycles. The van der Waals surface area contributed by atoms with Gasteiger partial charge in [-0.05, 0) is 54.5 Å². The Morgan fingerprint density at radius 2 is 1.94 bits per heavy atom. The van der Waals surface area contributed by atoms with Crippen LogP contribution < -0.4 is 0 Å². The maximum atomic E-state index is 12.3. The van der Waals surface area contributed by atoms with E-state index in [2.05, 4.69) is 29.9 Å². The molecule has 2 aromatic carbocycles. The van der Waals surface area contributed by atoms with Gasteiger partial charge in [0.15, 0.2) is 0 Å². The summed E-state index contributed by atoms with van der Waals surface area (Å²) in [6.45, 7) is 2.80. The van der Waals surface area contributed by atoms with E-state index < -0.39 is 6.10 Å². The molecule has 2 atom stereocenters. The van der Waals surface area contributed by atoms with Crippen LogP contribution in [-0.4, -0.2) is 41.6 Å². The number of hydrogen-bond donors (Lipinski definition) is 1. The SMILES string of the molecule is COC(=O)CCCCCCN1C(=O)CCC1/C=C/C(O)c1cccc(-c2ccccc2C)c1. The van der Waals surface area contributed by atoms with Crippen molar-refractivity contribution in [3.8, 4) is 11.1 Å². The van der Waals surface area contributed by atoms with Crippen LogP contribution in [0.5, 0.6) is 0 Å². The number of aliphatic hydroxyl groups is 1. The second kappa shape index (κ2) is 12.4. The number of aliphatic hydroxyl groups excluding tert-OH is 1. The smallest absolute Gasteiger partial charge is 0.305 e. The van der Waals surface area contributed by atoms with E-state index in [9.17, 15) is 14.7 Å². The number of rotatable bonds is 11. The topological polar surface area (TPSA) is 66.8 Å². The van der Waals surface area contributed by atoms with Crippen molar-refractivity contribution in [3.63, 3.8) is 0 Å². The molecule has 0 saturated carbocycles. The van der Waals surface area contributed by atoms with E-state index in [1.807, 2.05) is 47.4 Å². The van der Waals surface area contributed by atoms with Crippen molar-refractivity contribution in [2.24, 2.45) is 0 Å². The van der Waals surface area contributed by atoms with Crippen molar-refractivity contribution in [1.29, 1.82) is 0 Å². The van der Waals surface area contributed by atoms with E-state index >= 15 is 0 Å². The van der Waals surface area contributed by atoms with Crippen LogP contribution in [0.15, 0.2) is 60.7 Å². The van der Waals surface area contributed by atoms with E-state index in [1.54, 1.807) is 0 Å². The number of amides is 1. The van der Waals surface area contributed by atoms with Gasteiger partial charge in [0.1, 0.15) is 0 Å². The summed E-state index contributed by atoms with van der Waals surface area (Å²) in [6, 6.07) is 16.3. The summed E-state index contributed by atoms with van der Waals surface area (Å²) in [6.07, 6.45) is 8.52. The Balaban J connectivity index is 1.54. The molecule has 0 bridgehead atoms. The Bertz CT molecular complexity index is 968. The predicted octanol–water partition coefficient (Wildman–Crippen LogP) is 5.37. The Morgan fingerprint density at radius 1 is 1.15 bits per heavy atom. The molecule has 0 spiro atoms. The molecule has 5 nitrogen and oxygen atoms in total. The number of hydrogen-bond acceptors (Lipinski definition) is 4. The van der Waals surface area contributed by atoms with Gasteiger partial charge in [0.25, 0.3) is 0 Å². The number of likely N-dealkylation sites (tertiary alicyclic amines) is 1. The molecule has 176 valence electrons. The fraction of sp³-hybridized carbons (Fsp3) is 0.429. The summed E-state index contributed by atoms with van der Waals surface area (Å²) in [4.78, 5) is 25.4. The molecule has 1 N–H and O–H groups in total. The van der Waals surface area contributed by atoms with Crippen molar-refractivity contribution in [1.82, 2.24) is 4.90 Å². The molecule has 1 amide bonds. The molecule has 0 aromatic heterocycles. The number of esters is 1. The first-order valence-corrected chi connectivity index (χ1v) is 11.9. The first-order valence-electron chi connectivity index (χ1n) is 11.9. The average molecular weight is 450 g/mol. The van der Waals surface area contributed by atoms with E-state index in [-0.39, 0.29) is 17.9 Å². The van der Waals surface area contributed by atoms with Crippen LogP contribution in [-0.2, 0) is 14.3 Å². The maximum Gasteiger partial charge on any atom is 0.305 e. The van der Waals surface area contributed by atoms with E-state index in [0.717, 1.165) is 48.8 Å². The van der Waals surface area contributed by atoms with Crippen molar-refractivity contribution < 1.29 is 19.4 Å². The highest BCUT2D eigenvalue weighted by atomic mass is 16.5. The van der Waals surface area contributed by atoms with Gasteiger partial charge < -0.3 is 14.7 Å². The zero-order valence-corrected chi connectivity index (χ0v) is 19.7. The molecular weight excluding hydrogens is 414 g/mol. The summed E-state index contributed by atoms with van der Waals surface area (Å²) >= 11 is 0. The number of unbranched alkanes of at least 4 members (excludes halogenated alkanes) is 3. The lowest BCUT2D eigenvalue weighted by Crippen LogP contribution is -2.32. The quantitative estimate of drug-likeness (QED) is 0.285. The molecule has 0 radical (unpaired) electrons. The second-order valence-corrected chi connectivity index (χ2v) is 8.70. The fourth-order valence-electron chi connectivity index (χ4n) is 4.39. The van der Waals surface area contributed by atoms with Crippen LogP contribution in [0.3, 0.4) is 0 Å². The molecule has 1 aliphatic heterocycles. The van der Waals surface area contributed by atoms with Crippen LogP contribution in [0.4, 0.5) is 0 Å². The highest BCUT2D eigenvalue weighted by molar-refractivity contribution is 5.79. The van der Waals surface area contributed by atoms with Crippen LogP contribution in [0, 0.1) is 6.92 Å². The standard InChI is InChI=1S/C28H35NO4/c1-21-10-6-7-13-25(21)22-11-9-12-23(20-22)26(30)17-15-24-16-18-27(31)29(24)19-8-4-3-5-14-28(32)33-2/h6-7,9-13,15,17,20,24,26,30H,3-5,8,14,16,18-19H2,1-2H3/b17-15+. The third kappa shape index (κ3) is 7.03. The van der Waals surface area contributed by atoms with Crippen LogP contribution >= 0.6 is 0 Å². The Labute approximate surface area is 197 Å². The normalized spacial score (nSPS) is 17.0. The van der Waals surface area contributed by atoms with Crippen LogP contribution in [0.1, 0.15) is 62.2 Å². The van der Waals surface area contributed by atoms with Gasteiger partial charge >= 0.3 is 5.97 Å². The number of methoxy groups -OCH3 is 1. The largest absolute Gasteiger partial charge is 0.469 e. The minimum atomic E-state index is -0.718. The molecule has 3 rings (SSSR count). The van der Waals surface area contributed by atoms with Crippen molar-refractivity contribution >= 4 is 11.9 Å². The first kappa shape index (κ1) is 24.7. The number of benzene rings is 2. The lowest BCUT2D eigenvalue weighted by Gasteiger charge is -2.22. The Kier molecular flexibility index (Phi) is 9.25. The Morgan fingerprint density at radius 3 is 2.73 bits per heavy atom. The van der Waals surface area contributed by atoms with Gasteiger partial charge in [0, 0.05) is 19.4 Å². The zero-order chi connectivity index (χ0) is 23.6. The van der Waals surface area contributed by atoms with Gasteiger partial charge in [-0.3, -0.25) is 9.59 Å². The van der Waals surface area contributed by atoms with Gasteiger partial charge in [0.05, 0.1) is 19.3 Å². The van der Waals surface area contributed by atoms with Gasteiger partial charge in [-0.15, -0.1) is 0 Å². The number of nitrogens with zero attached hydrogens (tertiary/aromatic N) is 1. The molecule has 1 heterocycles. The zero-order valence-electron chi connectivity index (χ0n) is 19.7. The number of ether oxygens (including phenoxy) is 1. The molecule has 0 aliphatic carbocycles. The summed E-state index contributed by atoms with van der Waals surface area (Å²) in [5.74, 6) is 0.00756. The summed E-state index contributed by atoms with van der Waals surface area (Å²) in [5, 5.41) is 10.8. The average Bonchev–Trinajstić information content (AvgIpc) is 3.19. The summed E-state index contributed by atoms with van der Waals surface area (Å²) in [7, 11) is 1.41. The summed E-state index contributed by atoms with van der Waals surface area (Å²) in [5.41, 5.74) is 4.29. The molecule has 2 aromatic rings. The predicted molar refractivity (Wildman–Crippen MR) is 131 cm³/mol. The Hall–Kier alpha value is -2.92. The van der Waals surface area contributed by atoms with Crippen LogP contribution in [0.2, 0.25) is 0 Å². The lowest BCUT2D eigenvalue weighted by molar-refractivity contribution is -0.140. The van der Waals surface area contributed by atoms with Crippen molar-refractivity contribution in [2.45, 2.75) is 64.0 Å². The minimum Gasteiger partial charge on any atom is -0.469 e. The lowest BCUT2D eigenvalue weighted by atomic mass is 9.97. The van der Waals surface area contributed by atoms with Gasteiger partial charge in [-0.25, -0.2) is 0 Å². The number of carbonyl (C=O) groups is 2. The second-order valence-electron chi connectivity index (χ2n) is 8.70. The number of aryl methyl sites for hydroxylation is 1. The van der Waals surface area contributed by atoms with Gasteiger partial charge in [0.2, 0.25) is 5.91 Å². The summed E-state index contributed by atoms with van der Waals surface area (Å²) < 4.78 is 4.66. The third-order valence-electron chi connectivity index (χ3n) is 6.33. The number of carbonyl (C=O) groups excluding carboxylic acids is 2. The molecule has 2 unspecified atom stereocenters. The highest BCUT2D eigenvalue weighted by Gasteiger charge is 2.28. The highest BCUT2D eigenvalue weighted by Crippen LogP contribution is 2.27. The van der Waals surface area contributed by atoms with Gasteiger partial charge in [-0.1, -0.05) is 67.5 Å².